The van der Waals surface area contributed by atoms with Crippen molar-refractivity contribution in [2.75, 3.05) is 32.8 Å². The standard InChI is InChI=1S/C19H30N2O2/c1-3-23-17-8-6-16(7-9-17)14-20-13-10-19(2,22)18(15-20)21-11-4-5-12-21/h6-9,18,22H,3-5,10-15H2,1-2H3/t18-,19-/m1/s1. The lowest BCUT2D eigenvalue weighted by atomic mass is 9.87. The molecule has 2 aliphatic heterocycles. The summed E-state index contributed by atoms with van der Waals surface area (Å²) in [6.45, 7) is 9.88. The molecule has 1 N–H and O–H groups in total. The lowest BCUT2D eigenvalue weighted by Crippen LogP contribution is -2.60. The maximum atomic E-state index is 10.8. The molecule has 3 rings (SSSR count). The van der Waals surface area contributed by atoms with Crippen LogP contribution >= 0.6 is 0 Å². The van der Waals surface area contributed by atoms with Crippen LogP contribution in [0.1, 0.15) is 38.7 Å². The zero-order valence-electron chi connectivity index (χ0n) is 14.5. The zero-order valence-corrected chi connectivity index (χ0v) is 14.5. The van der Waals surface area contributed by atoms with Gasteiger partial charge in [-0.3, -0.25) is 9.80 Å². The van der Waals surface area contributed by atoms with Crippen molar-refractivity contribution in [3.8, 4) is 5.75 Å². The van der Waals surface area contributed by atoms with Crippen LogP contribution < -0.4 is 4.74 Å². The Balaban J connectivity index is 1.62. The van der Waals surface area contributed by atoms with Crippen LogP contribution in [0.4, 0.5) is 0 Å². The summed E-state index contributed by atoms with van der Waals surface area (Å²) >= 11 is 0. The summed E-state index contributed by atoms with van der Waals surface area (Å²) in [5.74, 6) is 0.938. The Morgan fingerprint density at radius 1 is 1.17 bits per heavy atom. The molecule has 23 heavy (non-hydrogen) atoms. The van der Waals surface area contributed by atoms with Gasteiger partial charge in [0.1, 0.15) is 5.75 Å². The lowest BCUT2D eigenvalue weighted by Gasteiger charge is -2.46. The highest BCUT2D eigenvalue weighted by molar-refractivity contribution is 5.27. The Morgan fingerprint density at radius 3 is 2.52 bits per heavy atom. The number of benzene rings is 1. The van der Waals surface area contributed by atoms with Gasteiger partial charge in [-0.15, -0.1) is 0 Å². The zero-order chi connectivity index (χ0) is 16.3. The normalized spacial score (nSPS) is 29.8. The number of likely N-dealkylation sites (tertiary alicyclic amines) is 2. The second kappa shape index (κ2) is 7.20. The average molecular weight is 318 g/mol. The van der Waals surface area contributed by atoms with Gasteiger partial charge in [-0.25, -0.2) is 0 Å². The monoisotopic (exact) mass is 318 g/mol. The van der Waals surface area contributed by atoms with E-state index in [9.17, 15) is 5.11 Å². The van der Waals surface area contributed by atoms with Crippen LogP contribution in [0, 0.1) is 0 Å². The molecule has 0 saturated carbocycles. The molecule has 1 aromatic carbocycles. The van der Waals surface area contributed by atoms with Crippen LogP contribution in [0.5, 0.6) is 5.75 Å². The quantitative estimate of drug-likeness (QED) is 0.905. The highest BCUT2D eigenvalue weighted by atomic mass is 16.5. The fourth-order valence-corrected chi connectivity index (χ4v) is 3.91. The third-order valence-corrected chi connectivity index (χ3v) is 5.31. The van der Waals surface area contributed by atoms with E-state index in [-0.39, 0.29) is 6.04 Å². The van der Waals surface area contributed by atoms with Crippen LogP contribution in [0.3, 0.4) is 0 Å². The molecule has 2 heterocycles. The first-order valence-corrected chi connectivity index (χ1v) is 8.99. The molecular formula is C19H30N2O2. The Labute approximate surface area is 140 Å². The van der Waals surface area contributed by atoms with E-state index in [1.807, 2.05) is 13.8 Å². The summed E-state index contributed by atoms with van der Waals surface area (Å²) < 4.78 is 5.51. The minimum atomic E-state index is -0.556. The van der Waals surface area contributed by atoms with E-state index in [2.05, 4.69) is 34.1 Å². The summed E-state index contributed by atoms with van der Waals surface area (Å²) in [4.78, 5) is 4.97. The van der Waals surface area contributed by atoms with Gasteiger partial charge < -0.3 is 9.84 Å². The molecule has 2 fully saturated rings. The molecule has 2 aliphatic rings. The molecule has 0 radical (unpaired) electrons. The molecule has 128 valence electrons. The number of piperidine rings is 1. The molecule has 0 unspecified atom stereocenters. The Morgan fingerprint density at radius 2 is 1.87 bits per heavy atom. The van der Waals surface area contributed by atoms with Crippen molar-refractivity contribution < 1.29 is 9.84 Å². The molecule has 0 amide bonds. The topological polar surface area (TPSA) is 35.9 Å². The second-order valence-corrected chi connectivity index (χ2v) is 7.18. The van der Waals surface area contributed by atoms with Gasteiger partial charge in [0.15, 0.2) is 0 Å². The first kappa shape index (κ1) is 16.7. The highest BCUT2D eigenvalue weighted by Crippen LogP contribution is 2.29. The van der Waals surface area contributed by atoms with Crippen molar-refractivity contribution in [1.29, 1.82) is 0 Å². The Bertz CT molecular complexity index is 495. The molecule has 4 heteroatoms. The van der Waals surface area contributed by atoms with Gasteiger partial charge in [0.25, 0.3) is 0 Å². The fourth-order valence-electron chi connectivity index (χ4n) is 3.91. The third-order valence-electron chi connectivity index (χ3n) is 5.31. The molecule has 0 aliphatic carbocycles. The SMILES string of the molecule is CCOc1ccc(CN2CC[C@@](C)(O)[C@H](N3CCCC3)C2)cc1. The average Bonchev–Trinajstić information content (AvgIpc) is 3.05. The summed E-state index contributed by atoms with van der Waals surface area (Å²) in [5, 5.41) is 10.8. The van der Waals surface area contributed by atoms with Crippen LogP contribution in [0.2, 0.25) is 0 Å². The maximum Gasteiger partial charge on any atom is 0.119 e. The van der Waals surface area contributed by atoms with E-state index in [1.165, 1.54) is 18.4 Å². The third kappa shape index (κ3) is 4.06. The molecule has 0 spiro atoms. The Hall–Kier alpha value is -1.10. The summed E-state index contributed by atoms with van der Waals surface area (Å²) in [5.41, 5.74) is 0.759. The van der Waals surface area contributed by atoms with E-state index in [4.69, 9.17) is 4.74 Å². The van der Waals surface area contributed by atoms with Crippen molar-refractivity contribution >= 4 is 0 Å². The summed E-state index contributed by atoms with van der Waals surface area (Å²) in [7, 11) is 0. The van der Waals surface area contributed by atoms with Gasteiger partial charge >= 0.3 is 0 Å². The second-order valence-electron chi connectivity index (χ2n) is 7.18. The van der Waals surface area contributed by atoms with E-state index in [0.29, 0.717) is 6.61 Å². The van der Waals surface area contributed by atoms with E-state index < -0.39 is 5.60 Å². The van der Waals surface area contributed by atoms with Gasteiger partial charge in [0, 0.05) is 19.6 Å². The smallest absolute Gasteiger partial charge is 0.119 e. The van der Waals surface area contributed by atoms with Gasteiger partial charge in [-0.05, 0) is 63.9 Å². The fraction of sp³-hybridized carbons (Fsp3) is 0.684. The molecule has 2 atom stereocenters. The van der Waals surface area contributed by atoms with Gasteiger partial charge in [0.05, 0.1) is 18.2 Å². The largest absolute Gasteiger partial charge is 0.494 e. The van der Waals surface area contributed by atoms with E-state index in [0.717, 1.165) is 44.9 Å². The van der Waals surface area contributed by atoms with Crippen LogP contribution in [-0.4, -0.2) is 59.3 Å². The molecule has 0 aromatic heterocycles. The van der Waals surface area contributed by atoms with Crippen molar-refractivity contribution in [3.63, 3.8) is 0 Å². The number of hydrogen-bond donors (Lipinski definition) is 1. The first-order valence-electron chi connectivity index (χ1n) is 8.99. The van der Waals surface area contributed by atoms with E-state index >= 15 is 0 Å². The molecule has 1 aromatic rings. The highest BCUT2D eigenvalue weighted by Gasteiger charge is 2.41. The molecular weight excluding hydrogens is 288 g/mol. The molecule has 0 bridgehead atoms. The number of rotatable bonds is 5. The number of ether oxygens (including phenoxy) is 1. The van der Waals surface area contributed by atoms with Crippen molar-refractivity contribution in [3.05, 3.63) is 29.8 Å². The minimum absolute atomic E-state index is 0.265. The van der Waals surface area contributed by atoms with Gasteiger partial charge in [0.2, 0.25) is 0 Å². The predicted molar refractivity (Wildman–Crippen MR) is 92.7 cm³/mol. The predicted octanol–water partition coefficient (Wildman–Crippen LogP) is 2.51. The Kier molecular flexibility index (Phi) is 5.24. The summed E-state index contributed by atoms with van der Waals surface area (Å²) in [6, 6.07) is 8.68. The van der Waals surface area contributed by atoms with E-state index in [1.54, 1.807) is 0 Å². The summed E-state index contributed by atoms with van der Waals surface area (Å²) in [6.07, 6.45) is 3.39. The van der Waals surface area contributed by atoms with Gasteiger partial charge in [-0.2, -0.15) is 0 Å². The molecule has 4 nitrogen and oxygen atoms in total. The van der Waals surface area contributed by atoms with Crippen molar-refractivity contribution in [2.24, 2.45) is 0 Å². The van der Waals surface area contributed by atoms with Gasteiger partial charge in [-0.1, -0.05) is 12.1 Å². The maximum absolute atomic E-state index is 10.8. The lowest BCUT2D eigenvalue weighted by molar-refractivity contribution is -0.0776. The van der Waals surface area contributed by atoms with Crippen LogP contribution in [0.15, 0.2) is 24.3 Å². The van der Waals surface area contributed by atoms with Crippen molar-refractivity contribution in [2.45, 2.75) is 51.3 Å². The number of hydrogen-bond acceptors (Lipinski definition) is 4. The number of nitrogens with zero attached hydrogens (tertiary/aromatic N) is 2. The van der Waals surface area contributed by atoms with Crippen LogP contribution in [-0.2, 0) is 6.54 Å². The molecule has 2 saturated heterocycles. The minimum Gasteiger partial charge on any atom is -0.494 e. The first-order chi connectivity index (χ1) is 11.1. The van der Waals surface area contributed by atoms with Crippen molar-refractivity contribution in [1.82, 2.24) is 9.80 Å². The van der Waals surface area contributed by atoms with Crippen LogP contribution in [0.25, 0.3) is 0 Å². The number of aliphatic hydroxyl groups is 1.